The first-order valence-corrected chi connectivity index (χ1v) is 10.1. The zero-order chi connectivity index (χ0) is 20.5. The number of aryl methyl sites for hydroxylation is 1. The van der Waals surface area contributed by atoms with E-state index < -0.39 is 6.67 Å². The Hall–Kier alpha value is -3.33. The lowest BCUT2D eigenvalue weighted by Crippen LogP contribution is -2.49. The highest BCUT2D eigenvalue weighted by Crippen LogP contribution is 2.29. The van der Waals surface area contributed by atoms with Crippen LogP contribution in [0.3, 0.4) is 0 Å². The van der Waals surface area contributed by atoms with E-state index >= 15 is 0 Å². The summed E-state index contributed by atoms with van der Waals surface area (Å²) in [5.74, 6) is 0.957. The second-order valence-electron chi connectivity index (χ2n) is 7.55. The molecule has 2 N–H and O–H groups in total. The fourth-order valence-electron chi connectivity index (χ4n) is 3.85. The number of halogens is 1. The highest BCUT2D eigenvalue weighted by Gasteiger charge is 2.18. The summed E-state index contributed by atoms with van der Waals surface area (Å²) in [4.78, 5) is 11.7. The smallest absolute Gasteiger partial charge is 0.129 e. The molecule has 4 aromatic heterocycles. The van der Waals surface area contributed by atoms with E-state index in [0.717, 1.165) is 59.0 Å². The molecule has 0 saturated carbocycles. The molecular weight excluding hydrogens is 383 g/mol. The normalized spacial score (nSPS) is 17.0. The SMILES string of the molecule is CC1CN(c2cccc(-c3n[nH]c4cnc(-c5cnn(CCF)c5)cc34)n2)CCN1. The van der Waals surface area contributed by atoms with Gasteiger partial charge in [-0.25, -0.2) is 9.37 Å². The number of nitrogens with zero attached hydrogens (tertiary/aromatic N) is 6. The average molecular weight is 406 g/mol. The van der Waals surface area contributed by atoms with Crippen molar-refractivity contribution in [2.75, 3.05) is 31.2 Å². The number of piperazine rings is 1. The Morgan fingerprint density at radius 2 is 2.17 bits per heavy atom. The number of aromatic amines is 1. The van der Waals surface area contributed by atoms with Gasteiger partial charge in [0.25, 0.3) is 0 Å². The predicted octanol–water partition coefficient (Wildman–Crippen LogP) is 2.65. The topological polar surface area (TPSA) is 87.6 Å². The Morgan fingerprint density at radius 3 is 3.03 bits per heavy atom. The molecule has 1 aliphatic rings. The molecule has 4 aromatic rings. The first-order valence-electron chi connectivity index (χ1n) is 10.1. The summed E-state index contributed by atoms with van der Waals surface area (Å²) < 4.78 is 14.2. The number of rotatable bonds is 5. The summed E-state index contributed by atoms with van der Waals surface area (Å²) in [6.07, 6.45) is 5.27. The third-order valence-corrected chi connectivity index (χ3v) is 5.36. The molecule has 1 aliphatic heterocycles. The Morgan fingerprint density at radius 1 is 1.23 bits per heavy atom. The van der Waals surface area contributed by atoms with Gasteiger partial charge >= 0.3 is 0 Å². The van der Waals surface area contributed by atoms with Crippen LogP contribution >= 0.6 is 0 Å². The second kappa shape index (κ2) is 7.83. The lowest BCUT2D eigenvalue weighted by molar-refractivity contribution is 0.427. The van der Waals surface area contributed by atoms with Crippen LogP contribution in [0.2, 0.25) is 0 Å². The number of aromatic nitrogens is 6. The molecule has 0 amide bonds. The summed E-state index contributed by atoms with van der Waals surface area (Å²) in [5.41, 5.74) is 4.05. The third kappa shape index (κ3) is 3.52. The van der Waals surface area contributed by atoms with Crippen molar-refractivity contribution in [3.8, 4) is 22.6 Å². The minimum atomic E-state index is -0.451. The maximum Gasteiger partial charge on any atom is 0.129 e. The second-order valence-corrected chi connectivity index (χ2v) is 7.55. The van der Waals surface area contributed by atoms with Crippen molar-refractivity contribution in [1.82, 2.24) is 35.3 Å². The fraction of sp³-hybridized carbons (Fsp3) is 0.333. The van der Waals surface area contributed by atoms with Crippen LogP contribution in [-0.2, 0) is 6.54 Å². The van der Waals surface area contributed by atoms with Gasteiger partial charge in [0.1, 0.15) is 18.2 Å². The monoisotopic (exact) mass is 406 g/mol. The van der Waals surface area contributed by atoms with Gasteiger partial charge in [-0.15, -0.1) is 0 Å². The van der Waals surface area contributed by atoms with Gasteiger partial charge in [-0.2, -0.15) is 10.2 Å². The van der Waals surface area contributed by atoms with Crippen LogP contribution in [0.4, 0.5) is 10.2 Å². The van der Waals surface area contributed by atoms with Crippen molar-refractivity contribution in [2.24, 2.45) is 0 Å². The molecule has 0 bridgehead atoms. The van der Waals surface area contributed by atoms with Crippen LogP contribution in [0.1, 0.15) is 6.92 Å². The Labute approximate surface area is 173 Å². The van der Waals surface area contributed by atoms with Gasteiger partial charge in [-0.1, -0.05) is 6.07 Å². The van der Waals surface area contributed by atoms with Gasteiger partial charge in [0.2, 0.25) is 0 Å². The third-order valence-electron chi connectivity index (χ3n) is 5.36. The van der Waals surface area contributed by atoms with Gasteiger partial charge in [-0.3, -0.25) is 14.8 Å². The van der Waals surface area contributed by atoms with E-state index in [-0.39, 0.29) is 6.54 Å². The van der Waals surface area contributed by atoms with Gasteiger partial charge in [0.15, 0.2) is 0 Å². The van der Waals surface area contributed by atoms with Gasteiger partial charge in [0, 0.05) is 42.8 Å². The van der Waals surface area contributed by atoms with Crippen molar-refractivity contribution in [3.05, 3.63) is 42.9 Å². The number of pyridine rings is 2. The number of fused-ring (bicyclic) bond motifs is 1. The lowest BCUT2D eigenvalue weighted by atomic mass is 10.1. The molecule has 154 valence electrons. The molecule has 30 heavy (non-hydrogen) atoms. The van der Waals surface area contributed by atoms with Crippen molar-refractivity contribution >= 4 is 16.7 Å². The van der Waals surface area contributed by atoms with Gasteiger partial charge in [-0.05, 0) is 25.1 Å². The number of hydrogen-bond donors (Lipinski definition) is 2. The van der Waals surface area contributed by atoms with E-state index in [2.05, 4.69) is 37.4 Å². The summed E-state index contributed by atoms with van der Waals surface area (Å²) in [7, 11) is 0. The number of nitrogens with one attached hydrogen (secondary N) is 2. The van der Waals surface area contributed by atoms with E-state index in [9.17, 15) is 4.39 Å². The zero-order valence-electron chi connectivity index (χ0n) is 16.7. The number of hydrogen-bond acceptors (Lipinski definition) is 6. The van der Waals surface area contributed by atoms with E-state index in [1.807, 2.05) is 24.3 Å². The minimum Gasteiger partial charge on any atom is -0.354 e. The maximum atomic E-state index is 12.6. The molecule has 0 aromatic carbocycles. The quantitative estimate of drug-likeness (QED) is 0.530. The summed E-state index contributed by atoms with van der Waals surface area (Å²) in [6.45, 7) is 4.77. The molecule has 1 saturated heterocycles. The Bertz CT molecular complexity index is 1170. The van der Waals surface area contributed by atoms with Crippen LogP contribution < -0.4 is 10.2 Å². The van der Waals surface area contributed by atoms with E-state index in [1.54, 1.807) is 23.3 Å². The summed E-state index contributed by atoms with van der Waals surface area (Å²) in [6, 6.07) is 8.45. The maximum absolute atomic E-state index is 12.6. The number of H-pyrrole nitrogens is 1. The van der Waals surface area contributed by atoms with Crippen LogP contribution in [0.25, 0.3) is 33.5 Å². The first-order chi connectivity index (χ1) is 14.7. The van der Waals surface area contributed by atoms with E-state index in [0.29, 0.717) is 6.04 Å². The molecule has 8 nitrogen and oxygen atoms in total. The van der Waals surface area contributed by atoms with Crippen LogP contribution in [0.15, 0.2) is 42.9 Å². The Kier molecular flexibility index (Phi) is 4.88. The van der Waals surface area contributed by atoms with Crippen LogP contribution in [0.5, 0.6) is 0 Å². The van der Waals surface area contributed by atoms with Crippen molar-refractivity contribution in [1.29, 1.82) is 0 Å². The molecule has 5 heterocycles. The van der Waals surface area contributed by atoms with E-state index in [1.165, 1.54) is 0 Å². The predicted molar refractivity (Wildman–Crippen MR) is 114 cm³/mol. The van der Waals surface area contributed by atoms with Crippen LogP contribution in [-0.4, -0.2) is 62.3 Å². The molecule has 1 atom stereocenters. The minimum absolute atomic E-state index is 0.237. The molecule has 0 aliphatic carbocycles. The Balaban J connectivity index is 1.50. The van der Waals surface area contributed by atoms with Gasteiger partial charge in [0.05, 0.1) is 35.8 Å². The van der Waals surface area contributed by atoms with Crippen molar-refractivity contribution in [3.63, 3.8) is 0 Å². The van der Waals surface area contributed by atoms with Crippen molar-refractivity contribution < 1.29 is 4.39 Å². The lowest BCUT2D eigenvalue weighted by Gasteiger charge is -2.32. The summed E-state index contributed by atoms with van der Waals surface area (Å²) >= 11 is 0. The molecule has 5 rings (SSSR count). The zero-order valence-corrected chi connectivity index (χ0v) is 16.7. The summed E-state index contributed by atoms with van der Waals surface area (Å²) in [5, 5.41) is 16.1. The number of alkyl halides is 1. The standard InChI is InChI=1S/C21H23FN8/c1-14-12-29(8-6-23-14)20-4-2-3-17(26-20)21-16-9-18(24-11-19(16)27-28-21)15-10-25-30(13-15)7-5-22/h2-4,9-11,13-14,23H,5-8,12H2,1H3,(H,27,28). The number of anilines is 1. The van der Waals surface area contributed by atoms with E-state index in [4.69, 9.17) is 4.98 Å². The highest BCUT2D eigenvalue weighted by atomic mass is 19.1. The first kappa shape index (κ1) is 18.7. The van der Waals surface area contributed by atoms with Gasteiger partial charge < -0.3 is 10.2 Å². The molecule has 0 spiro atoms. The molecule has 1 fully saturated rings. The fourth-order valence-corrected chi connectivity index (χ4v) is 3.85. The highest BCUT2D eigenvalue weighted by molar-refractivity contribution is 5.93. The average Bonchev–Trinajstić information content (AvgIpc) is 3.41. The van der Waals surface area contributed by atoms with Crippen LogP contribution in [0, 0.1) is 0 Å². The molecule has 9 heteroatoms. The largest absolute Gasteiger partial charge is 0.354 e. The molecule has 1 unspecified atom stereocenters. The van der Waals surface area contributed by atoms with Crippen molar-refractivity contribution in [2.45, 2.75) is 19.5 Å². The molecular formula is C21H23FN8. The molecule has 0 radical (unpaired) electrons.